The van der Waals surface area contributed by atoms with Crippen LogP contribution in [-0.4, -0.2) is 0 Å². The molecule has 42 heavy (non-hydrogen) atoms. The minimum absolute atomic E-state index is 1.13. The summed E-state index contributed by atoms with van der Waals surface area (Å²) in [6.45, 7) is 0. The zero-order chi connectivity index (χ0) is 27.9. The molecule has 7 aromatic carbocycles. The molecule has 0 N–H and O–H groups in total. The van der Waals surface area contributed by atoms with Crippen molar-refractivity contribution in [1.29, 1.82) is 0 Å². The maximum atomic E-state index is 2.39. The molecule has 0 amide bonds. The van der Waals surface area contributed by atoms with Crippen molar-refractivity contribution in [1.82, 2.24) is 0 Å². The van der Waals surface area contributed by atoms with Gasteiger partial charge in [0, 0.05) is 37.2 Å². The highest BCUT2D eigenvalue weighted by Crippen LogP contribution is 2.40. The highest BCUT2D eigenvalue weighted by molar-refractivity contribution is 7.25. The average molecular weight is 554 g/mol. The molecule has 8 rings (SSSR count). The van der Waals surface area contributed by atoms with Gasteiger partial charge in [0.05, 0.1) is 0 Å². The van der Waals surface area contributed by atoms with Crippen LogP contribution in [0.1, 0.15) is 0 Å². The highest BCUT2D eigenvalue weighted by Gasteiger charge is 2.14. The van der Waals surface area contributed by atoms with Gasteiger partial charge in [-0.15, -0.1) is 11.3 Å². The Morgan fingerprint density at radius 3 is 1.69 bits per heavy atom. The first kappa shape index (κ1) is 24.6. The molecule has 198 valence electrons. The van der Waals surface area contributed by atoms with E-state index in [-0.39, 0.29) is 0 Å². The summed E-state index contributed by atoms with van der Waals surface area (Å²) in [5, 5.41) is 5.24. The summed E-state index contributed by atoms with van der Waals surface area (Å²) in [4.78, 5) is 2.32. The summed E-state index contributed by atoms with van der Waals surface area (Å²) < 4.78 is 2.68. The number of rotatable bonds is 5. The topological polar surface area (TPSA) is 3.24 Å². The lowest BCUT2D eigenvalue weighted by atomic mass is 9.96. The molecule has 2 heteroatoms. The summed E-state index contributed by atoms with van der Waals surface area (Å²) in [5.74, 6) is 0. The molecule has 0 fully saturated rings. The van der Waals surface area contributed by atoms with Crippen LogP contribution in [0.4, 0.5) is 17.1 Å². The molecule has 0 aliphatic rings. The van der Waals surface area contributed by atoms with Gasteiger partial charge in [0.1, 0.15) is 0 Å². The van der Waals surface area contributed by atoms with E-state index in [1.807, 2.05) is 11.3 Å². The van der Waals surface area contributed by atoms with E-state index in [1.165, 1.54) is 53.2 Å². The summed E-state index contributed by atoms with van der Waals surface area (Å²) >= 11 is 1.87. The molecule has 0 unspecified atom stereocenters. The first-order chi connectivity index (χ1) is 20.8. The van der Waals surface area contributed by atoms with Crippen molar-refractivity contribution in [3.05, 3.63) is 164 Å². The normalized spacial score (nSPS) is 11.3. The van der Waals surface area contributed by atoms with Gasteiger partial charge in [-0.25, -0.2) is 0 Å². The molecular formula is C40H27NS. The van der Waals surface area contributed by atoms with E-state index in [9.17, 15) is 0 Å². The third-order valence-corrected chi connectivity index (χ3v) is 9.19. The van der Waals surface area contributed by atoms with Gasteiger partial charge in [-0.2, -0.15) is 0 Å². The highest BCUT2D eigenvalue weighted by atomic mass is 32.1. The van der Waals surface area contributed by atoms with Crippen molar-refractivity contribution < 1.29 is 0 Å². The van der Waals surface area contributed by atoms with Crippen molar-refractivity contribution >= 4 is 59.3 Å². The second-order valence-electron chi connectivity index (χ2n) is 10.6. The van der Waals surface area contributed by atoms with E-state index in [4.69, 9.17) is 0 Å². The van der Waals surface area contributed by atoms with Crippen molar-refractivity contribution in [3.63, 3.8) is 0 Å². The third kappa shape index (κ3) is 4.34. The number of hydrogen-bond acceptors (Lipinski definition) is 2. The van der Waals surface area contributed by atoms with Gasteiger partial charge in [0.15, 0.2) is 0 Å². The summed E-state index contributed by atoms with van der Waals surface area (Å²) in [7, 11) is 0. The van der Waals surface area contributed by atoms with Crippen LogP contribution < -0.4 is 4.90 Å². The lowest BCUT2D eigenvalue weighted by Crippen LogP contribution is -2.09. The molecule has 0 aliphatic carbocycles. The quantitative estimate of drug-likeness (QED) is 0.205. The fourth-order valence-corrected chi connectivity index (χ4v) is 7.13. The molecule has 1 aromatic heterocycles. The molecule has 0 saturated carbocycles. The van der Waals surface area contributed by atoms with Crippen LogP contribution in [0.3, 0.4) is 0 Å². The Kier molecular flexibility index (Phi) is 6.05. The number of benzene rings is 7. The minimum Gasteiger partial charge on any atom is -0.311 e. The number of anilines is 3. The van der Waals surface area contributed by atoms with E-state index in [2.05, 4.69) is 169 Å². The number of nitrogens with zero attached hydrogens (tertiary/aromatic N) is 1. The monoisotopic (exact) mass is 553 g/mol. The molecule has 1 heterocycles. The van der Waals surface area contributed by atoms with Crippen LogP contribution in [0.15, 0.2) is 164 Å². The van der Waals surface area contributed by atoms with Crippen LogP contribution in [0.25, 0.3) is 53.2 Å². The number of fused-ring (bicyclic) bond motifs is 4. The van der Waals surface area contributed by atoms with Crippen LogP contribution in [0.2, 0.25) is 0 Å². The van der Waals surface area contributed by atoms with E-state index >= 15 is 0 Å². The Labute approximate surface area is 249 Å². The van der Waals surface area contributed by atoms with E-state index in [1.54, 1.807) is 0 Å². The predicted octanol–water partition coefficient (Wildman–Crippen LogP) is 12.0. The van der Waals surface area contributed by atoms with Crippen LogP contribution in [0, 0.1) is 0 Å². The van der Waals surface area contributed by atoms with Crippen molar-refractivity contribution in [3.8, 4) is 22.3 Å². The maximum Gasteiger partial charge on any atom is 0.0462 e. The van der Waals surface area contributed by atoms with Crippen molar-refractivity contribution in [2.45, 2.75) is 0 Å². The smallest absolute Gasteiger partial charge is 0.0462 e. The fraction of sp³-hybridized carbons (Fsp3) is 0. The van der Waals surface area contributed by atoms with Gasteiger partial charge in [0.2, 0.25) is 0 Å². The zero-order valence-corrected chi connectivity index (χ0v) is 23.8. The lowest BCUT2D eigenvalue weighted by Gasteiger charge is -2.26. The van der Waals surface area contributed by atoms with Gasteiger partial charge in [-0.3, -0.25) is 0 Å². The third-order valence-electron chi connectivity index (χ3n) is 8.06. The minimum atomic E-state index is 1.13. The van der Waals surface area contributed by atoms with Crippen LogP contribution >= 0.6 is 11.3 Å². The zero-order valence-electron chi connectivity index (χ0n) is 22.9. The van der Waals surface area contributed by atoms with Gasteiger partial charge < -0.3 is 4.90 Å². The van der Waals surface area contributed by atoms with E-state index in [0.29, 0.717) is 0 Å². The van der Waals surface area contributed by atoms with Crippen LogP contribution in [0.5, 0.6) is 0 Å². The Morgan fingerprint density at radius 2 is 0.952 bits per heavy atom. The maximum absolute atomic E-state index is 2.39. The molecule has 0 spiro atoms. The Balaban J connectivity index is 1.20. The second-order valence-corrected chi connectivity index (χ2v) is 11.7. The predicted molar refractivity (Wildman–Crippen MR) is 182 cm³/mol. The average Bonchev–Trinajstić information content (AvgIpc) is 3.43. The number of thiophene rings is 1. The van der Waals surface area contributed by atoms with Gasteiger partial charge in [-0.1, -0.05) is 109 Å². The SMILES string of the molecule is c1ccc(-c2ccc(N(c3ccccc3)c3ccc(-c4cccc5cc6sc7ccccc7c6cc45)cc3)cc2)cc1. The van der Waals surface area contributed by atoms with Crippen molar-refractivity contribution in [2.75, 3.05) is 4.90 Å². The first-order valence-corrected chi connectivity index (χ1v) is 15.1. The Hall–Kier alpha value is -5.18. The van der Waals surface area contributed by atoms with Gasteiger partial charge in [0.25, 0.3) is 0 Å². The number of para-hydroxylation sites is 1. The lowest BCUT2D eigenvalue weighted by molar-refractivity contribution is 1.28. The van der Waals surface area contributed by atoms with E-state index in [0.717, 1.165) is 17.1 Å². The fourth-order valence-electron chi connectivity index (χ4n) is 6.00. The summed E-state index contributed by atoms with van der Waals surface area (Å²) in [6.07, 6.45) is 0. The molecule has 0 radical (unpaired) electrons. The Morgan fingerprint density at radius 1 is 0.357 bits per heavy atom. The Bertz CT molecular complexity index is 2160. The molecular weight excluding hydrogens is 527 g/mol. The largest absolute Gasteiger partial charge is 0.311 e. The molecule has 0 bridgehead atoms. The van der Waals surface area contributed by atoms with E-state index < -0.39 is 0 Å². The summed E-state index contributed by atoms with van der Waals surface area (Å²) in [5.41, 5.74) is 8.31. The first-order valence-electron chi connectivity index (χ1n) is 14.3. The summed E-state index contributed by atoms with van der Waals surface area (Å²) in [6, 6.07) is 59.1. The molecule has 1 nitrogen and oxygen atoms in total. The molecule has 8 aromatic rings. The molecule has 0 atom stereocenters. The molecule has 0 aliphatic heterocycles. The molecule has 0 saturated heterocycles. The van der Waals surface area contributed by atoms with Gasteiger partial charge in [-0.05, 0) is 87.6 Å². The number of hydrogen-bond donors (Lipinski definition) is 0. The second kappa shape index (κ2) is 10.3. The standard InChI is InChI=1S/C40H27NS/c1-3-10-28(11-4-1)29-18-22-33(23-19-29)41(32-13-5-2-6-14-32)34-24-20-30(21-25-34)35-16-9-12-31-26-40-38(27-37(31)35)36-15-7-8-17-39(36)42-40/h1-27H. The van der Waals surface area contributed by atoms with Gasteiger partial charge >= 0.3 is 0 Å². The van der Waals surface area contributed by atoms with Crippen LogP contribution in [-0.2, 0) is 0 Å². The van der Waals surface area contributed by atoms with Crippen molar-refractivity contribution in [2.24, 2.45) is 0 Å².